The number of carbonyl (C=O) groups excluding carboxylic acids is 1. The molecule has 0 aliphatic heterocycles. The van der Waals surface area contributed by atoms with Crippen LogP contribution in [0.1, 0.15) is 34.8 Å². The van der Waals surface area contributed by atoms with Crippen molar-refractivity contribution < 1.29 is 9.53 Å². The zero-order chi connectivity index (χ0) is 12.7. The molecule has 1 aliphatic rings. The predicted molar refractivity (Wildman–Crippen MR) is 71.8 cm³/mol. The van der Waals surface area contributed by atoms with E-state index in [2.05, 4.69) is 22.9 Å². The quantitative estimate of drug-likeness (QED) is 0.791. The van der Waals surface area contributed by atoms with Gasteiger partial charge in [-0.2, -0.15) is 0 Å². The smallest absolute Gasteiger partial charge is 0.170 e. The van der Waals surface area contributed by atoms with Crippen LogP contribution < -0.4 is 4.74 Å². The van der Waals surface area contributed by atoms with Crippen molar-refractivity contribution in [2.24, 2.45) is 11.8 Å². The van der Waals surface area contributed by atoms with Gasteiger partial charge in [-0.15, -0.1) is 0 Å². The fourth-order valence-corrected chi connectivity index (χ4v) is 2.82. The Hall–Kier alpha value is -0.830. The van der Waals surface area contributed by atoms with E-state index in [0.29, 0.717) is 5.92 Å². The first-order valence-corrected chi connectivity index (χ1v) is 6.64. The normalized spacial score (nSPS) is 22.4. The van der Waals surface area contributed by atoms with Crippen LogP contribution in [0.2, 0.25) is 0 Å². The Bertz CT molecular complexity index is 480. The van der Waals surface area contributed by atoms with E-state index in [0.717, 1.165) is 33.3 Å². The van der Waals surface area contributed by atoms with Crippen LogP contribution in [-0.2, 0) is 0 Å². The highest BCUT2D eigenvalue weighted by atomic mass is 79.9. The van der Waals surface area contributed by atoms with E-state index in [-0.39, 0.29) is 11.7 Å². The monoisotopic (exact) mass is 296 g/mol. The SMILES string of the molecule is COc1c(C)cc(Br)c(C)c1C(=O)C1CC1C. The van der Waals surface area contributed by atoms with Gasteiger partial charge in [0, 0.05) is 10.4 Å². The second kappa shape index (κ2) is 4.45. The average molecular weight is 297 g/mol. The molecule has 17 heavy (non-hydrogen) atoms. The maximum Gasteiger partial charge on any atom is 0.170 e. The number of carbonyl (C=O) groups is 1. The first kappa shape index (κ1) is 12.6. The number of ether oxygens (including phenoxy) is 1. The molecule has 0 aromatic heterocycles. The summed E-state index contributed by atoms with van der Waals surface area (Å²) in [6.07, 6.45) is 1.01. The predicted octanol–water partition coefficient (Wildman–Crippen LogP) is 3.91. The Morgan fingerprint density at radius 3 is 2.53 bits per heavy atom. The number of benzene rings is 1. The first-order valence-electron chi connectivity index (χ1n) is 5.85. The maximum atomic E-state index is 12.4. The van der Waals surface area contributed by atoms with E-state index in [4.69, 9.17) is 4.74 Å². The van der Waals surface area contributed by atoms with Gasteiger partial charge >= 0.3 is 0 Å². The van der Waals surface area contributed by atoms with E-state index in [9.17, 15) is 4.79 Å². The van der Waals surface area contributed by atoms with Crippen LogP contribution in [0.5, 0.6) is 5.75 Å². The van der Waals surface area contributed by atoms with Crippen LogP contribution in [0.25, 0.3) is 0 Å². The average Bonchev–Trinajstić information content (AvgIpc) is 2.99. The molecule has 0 heterocycles. The molecule has 2 nitrogen and oxygen atoms in total. The topological polar surface area (TPSA) is 26.3 Å². The van der Waals surface area contributed by atoms with Gasteiger partial charge in [-0.25, -0.2) is 0 Å². The zero-order valence-corrected chi connectivity index (χ0v) is 12.2. The molecule has 1 aliphatic carbocycles. The molecule has 1 aromatic carbocycles. The standard InChI is InChI=1S/C14H17BrO2/c1-7-5-10(7)13(16)12-9(3)11(15)6-8(2)14(12)17-4/h6-7,10H,5H2,1-4H3. The van der Waals surface area contributed by atoms with E-state index in [1.165, 1.54) is 0 Å². The van der Waals surface area contributed by atoms with Crippen molar-refractivity contribution in [1.29, 1.82) is 0 Å². The number of Topliss-reactive ketones (excluding diaryl/α,β-unsaturated/α-hetero) is 1. The Kier molecular flexibility index (Phi) is 3.30. The number of halogens is 1. The molecule has 0 saturated heterocycles. The van der Waals surface area contributed by atoms with Gasteiger partial charge in [0.25, 0.3) is 0 Å². The third-order valence-electron chi connectivity index (χ3n) is 3.56. The zero-order valence-electron chi connectivity index (χ0n) is 10.6. The van der Waals surface area contributed by atoms with Crippen LogP contribution in [0, 0.1) is 25.7 Å². The van der Waals surface area contributed by atoms with Gasteiger partial charge < -0.3 is 4.74 Å². The molecule has 2 atom stereocenters. The summed E-state index contributed by atoms with van der Waals surface area (Å²) in [6, 6.07) is 2.00. The van der Waals surface area contributed by atoms with Crippen molar-refractivity contribution in [3.8, 4) is 5.75 Å². The Labute approximate surface area is 110 Å². The minimum absolute atomic E-state index is 0.191. The summed E-state index contributed by atoms with van der Waals surface area (Å²) in [6.45, 7) is 6.05. The van der Waals surface area contributed by atoms with Crippen molar-refractivity contribution in [1.82, 2.24) is 0 Å². The molecule has 0 amide bonds. The lowest BCUT2D eigenvalue weighted by Gasteiger charge is -2.15. The van der Waals surface area contributed by atoms with E-state index >= 15 is 0 Å². The summed E-state index contributed by atoms with van der Waals surface area (Å²) >= 11 is 3.51. The number of hydrogen-bond donors (Lipinski definition) is 0. The molecule has 2 rings (SSSR count). The summed E-state index contributed by atoms with van der Waals surface area (Å²) in [5, 5.41) is 0. The number of hydrogen-bond acceptors (Lipinski definition) is 2. The maximum absolute atomic E-state index is 12.4. The molecule has 1 aromatic rings. The largest absolute Gasteiger partial charge is 0.496 e. The molecule has 3 heteroatoms. The highest BCUT2D eigenvalue weighted by molar-refractivity contribution is 9.10. The molecular weight excluding hydrogens is 280 g/mol. The van der Waals surface area contributed by atoms with Crippen LogP contribution in [0.4, 0.5) is 0 Å². The number of rotatable bonds is 3. The molecule has 0 radical (unpaired) electrons. The fourth-order valence-electron chi connectivity index (χ4n) is 2.28. The van der Waals surface area contributed by atoms with Crippen molar-refractivity contribution in [3.63, 3.8) is 0 Å². The van der Waals surface area contributed by atoms with Crippen molar-refractivity contribution >= 4 is 21.7 Å². The third-order valence-corrected chi connectivity index (χ3v) is 4.38. The van der Waals surface area contributed by atoms with Gasteiger partial charge in [0.15, 0.2) is 5.78 Å². The summed E-state index contributed by atoms with van der Waals surface area (Å²) in [4.78, 5) is 12.4. The number of ketones is 1. The molecule has 0 spiro atoms. The van der Waals surface area contributed by atoms with Gasteiger partial charge in [-0.05, 0) is 43.4 Å². The van der Waals surface area contributed by atoms with E-state index in [1.54, 1.807) is 7.11 Å². The van der Waals surface area contributed by atoms with Crippen molar-refractivity contribution in [2.45, 2.75) is 27.2 Å². The second-order valence-corrected chi connectivity index (χ2v) is 5.75. The van der Waals surface area contributed by atoms with Crippen LogP contribution in [-0.4, -0.2) is 12.9 Å². The van der Waals surface area contributed by atoms with E-state index < -0.39 is 0 Å². The van der Waals surface area contributed by atoms with Crippen LogP contribution in [0.15, 0.2) is 10.5 Å². The molecule has 0 N–H and O–H groups in total. The van der Waals surface area contributed by atoms with E-state index in [1.807, 2.05) is 19.9 Å². The fraction of sp³-hybridized carbons (Fsp3) is 0.500. The molecule has 92 valence electrons. The Morgan fingerprint density at radius 2 is 2.06 bits per heavy atom. The number of aryl methyl sites for hydroxylation is 1. The minimum Gasteiger partial charge on any atom is -0.496 e. The summed E-state index contributed by atoms with van der Waals surface area (Å²) < 4.78 is 6.38. The van der Waals surface area contributed by atoms with Crippen LogP contribution in [0.3, 0.4) is 0 Å². The molecule has 2 unspecified atom stereocenters. The van der Waals surface area contributed by atoms with Gasteiger partial charge in [-0.1, -0.05) is 22.9 Å². The second-order valence-electron chi connectivity index (χ2n) is 4.89. The lowest BCUT2D eigenvalue weighted by molar-refractivity contribution is 0.0958. The van der Waals surface area contributed by atoms with Crippen LogP contribution >= 0.6 is 15.9 Å². The first-order chi connectivity index (χ1) is 7.97. The van der Waals surface area contributed by atoms with Crippen molar-refractivity contribution in [3.05, 3.63) is 27.2 Å². The third kappa shape index (κ3) is 2.13. The lowest BCUT2D eigenvalue weighted by atomic mass is 9.97. The minimum atomic E-state index is 0.191. The van der Waals surface area contributed by atoms with Gasteiger partial charge in [-0.3, -0.25) is 4.79 Å². The molecular formula is C14H17BrO2. The molecule has 0 bridgehead atoms. The Morgan fingerprint density at radius 1 is 1.47 bits per heavy atom. The summed E-state index contributed by atoms with van der Waals surface area (Å²) in [5.74, 6) is 1.67. The van der Waals surface area contributed by atoms with Gasteiger partial charge in [0.2, 0.25) is 0 Å². The lowest BCUT2D eigenvalue weighted by Crippen LogP contribution is -2.09. The summed E-state index contributed by atoms with van der Waals surface area (Å²) in [5.41, 5.74) is 2.74. The summed E-state index contributed by atoms with van der Waals surface area (Å²) in [7, 11) is 1.63. The number of methoxy groups -OCH3 is 1. The molecule has 1 saturated carbocycles. The van der Waals surface area contributed by atoms with Gasteiger partial charge in [0.1, 0.15) is 5.75 Å². The van der Waals surface area contributed by atoms with Crippen molar-refractivity contribution in [2.75, 3.05) is 7.11 Å². The highest BCUT2D eigenvalue weighted by Crippen LogP contribution is 2.44. The highest BCUT2D eigenvalue weighted by Gasteiger charge is 2.41. The van der Waals surface area contributed by atoms with Gasteiger partial charge in [0.05, 0.1) is 12.7 Å². The Balaban J connectivity index is 2.54. The molecule has 1 fully saturated rings.